The van der Waals surface area contributed by atoms with Gasteiger partial charge in [0, 0.05) is 44.5 Å². The molecule has 0 atom stereocenters. The van der Waals surface area contributed by atoms with Gasteiger partial charge in [-0.15, -0.1) is 0 Å². The Morgan fingerprint density at radius 2 is 1.96 bits per heavy atom. The molecular weight excluding hydrogens is 292 g/mol. The molecule has 0 unspecified atom stereocenters. The van der Waals surface area contributed by atoms with Gasteiger partial charge in [-0.1, -0.05) is 6.92 Å². The van der Waals surface area contributed by atoms with E-state index in [-0.39, 0.29) is 6.09 Å². The second-order valence-electron chi connectivity index (χ2n) is 6.92. The zero-order valence-electron chi connectivity index (χ0n) is 15.7. The molecule has 0 aliphatic rings. The van der Waals surface area contributed by atoms with Crippen LogP contribution >= 0.6 is 0 Å². The third-order valence-electron chi connectivity index (χ3n) is 3.66. The smallest absolute Gasteiger partial charge is 0.410 e. The molecule has 0 saturated heterocycles. The fourth-order valence-corrected chi connectivity index (χ4v) is 2.39. The monoisotopic (exact) mass is 324 g/mol. The lowest BCUT2D eigenvalue weighted by Gasteiger charge is -2.27. The van der Waals surface area contributed by atoms with Crippen molar-refractivity contribution in [3.8, 4) is 0 Å². The van der Waals surface area contributed by atoms with Gasteiger partial charge in [-0.3, -0.25) is 4.68 Å². The standard InChI is InChI=1S/C17H32N4O2/c1-8-10-21(16(22)23-17(4,5)6)11-9-18-12-15-13(2)19-20(7)14(15)3/h18H,8-12H2,1-7H3. The summed E-state index contributed by atoms with van der Waals surface area (Å²) in [5.74, 6) is 0. The molecule has 132 valence electrons. The summed E-state index contributed by atoms with van der Waals surface area (Å²) in [4.78, 5) is 14.0. The first kappa shape index (κ1) is 19.5. The van der Waals surface area contributed by atoms with Gasteiger partial charge in [-0.25, -0.2) is 4.79 Å². The molecule has 1 aromatic heterocycles. The minimum atomic E-state index is -0.458. The average Bonchev–Trinajstić information content (AvgIpc) is 2.66. The van der Waals surface area contributed by atoms with Gasteiger partial charge in [0.15, 0.2) is 0 Å². The van der Waals surface area contributed by atoms with E-state index < -0.39 is 5.60 Å². The van der Waals surface area contributed by atoms with E-state index in [1.54, 1.807) is 4.90 Å². The summed E-state index contributed by atoms with van der Waals surface area (Å²) in [6, 6.07) is 0. The number of hydrogen-bond acceptors (Lipinski definition) is 4. The lowest BCUT2D eigenvalue weighted by Crippen LogP contribution is -2.40. The van der Waals surface area contributed by atoms with Gasteiger partial charge in [0.25, 0.3) is 0 Å². The minimum Gasteiger partial charge on any atom is -0.444 e. The molecule has 0 spiro atoms. The van der Waals surface area contributed by atoms with Crippen LogP contribution in [0.2, 0.25) is 0 Å². The molecule has 0 bridgehead atoms. The molecule has 0 aliphatic carbocycles. The van der Waals surface area contributed by atoms with Gasteiger partial charge in [0.1, 0.15) is 5.60 Å². The van der Waals surface area contributed by atoms with E-state index in [0.717, 1.165) is 25.2 Å². The van der Waals surface area contributed by atoms with Crippen molar-refractivity contribution in [3.63, 3.8) is 0 Å². The molecule has 0 radical (unpaired) electrons. The third kappa shape index (κ3) is 6.22. The highest BCUT2D eigenvalue weighted by molar-refractivity contribution is 5.68. The van der Waals surface area contributed by atoms with E-state index in [1.807, 2.05) is 39.4 Å². The number of nitrogens with one attached hydrogen (secondary N) is 1. The molecule has 0 saturated carbocycles. The van der Waals surface area contributed by atoms with E-state index in [2.05, 4.69) is 24.3 Å². The molecule has 1 N–H and O–H groups in total. The number of rotatable bonds is 7. The summed E-state index contributed by atoms with van der Waals surface area (Å²) in [6.45, 7) is 14.7. The predicted molar refractivity (Wildman–Crippen MR) is 92.5 cm³/mol. The summed E-state index contributed by atoms with van der Waals surface area (Å²) in [5.41, 5.74) is 3.00. The van der Waals surface area contributed by atoms with Crippen LogP contribution in [-0.4, -0.2) is 46.0 Å². The maximum atomic E-state index is 12.2. The molecule has 6 nitrogen and oxygen atoms in total. The second kappa shape index (κ2) is 8.34. The van der Waals surface area contributed by atoms with Crippen molar-refractivity contribution in [2.24, 2.45) is 7.05 Å². The summed E-state index contributed by atoms with van der Waals surface area (Å²) in [6.07, 6.45) is 0.676. The maximum absolute atomic E-state index is 12.2. The number of aryl methyl sites for hydroxylation is 2. The Hall–Kier alpha value is -1.56. The van der Waals surface area contributed by atoms with Crippen molar-refractivity contribution in [1.82, 2.24) is 20.0 Å². The van der Waals surface area contributed by atoms with Crippen molar-refractivity contribution in [3.05, 3.63) is 17.0 Å². The summed E-state index contributed by atoms with van der Waals surface area (Å²) in [5, 5.41) is 7.82. The number of nitrogens with zero attached hydrogens (tertiary/aromatic N) is 3. The fourth-order valence-electron chi connectivity index (χ4n) is 2.39. The molecule has 6 heteroatoms. The SMILES string of the molecule is CCCN(CCNCc1c(C)nn(C)c1C)C(=O)OC(C)(C)C. The molecule has 23 heavy (non-hydrogen) atoms. The van der Waals surface area contributed by atoms with E-state index in [0.29, 0.717) is 13.1 Å². The first-order chi connectivity index (χ1) is 10.7. The Bertz CT molecular complexity index is 517. The highest BCUT2D eigenvalue weighted by Gasteiger charge is 2.21. The number of carbonyl (C=O) groups excluding carboxylic acids is 1. The van der Waals surface area contributed by atoms with Crippen molar-refractivity contribution in [1.29, 1.82) is 0 Å². The van der Waals surface area contributed by atoms with Crippen molar-refractivity contribution in [2.45, 2.75) is 60.1 Å². The van der Waals surface area contributed by atoms with Crippen LogP contribution < -0.4 is 5.32 Å². The molecule has 1 amide bonds. The number of ether oxygens (including phenoxy) is 1. The minimum absolute atomic E-state index is 0.241. The summed E-state index contributed by atoms with van der Waals surface area (Å²) in [7, 11) is 1.96. The number of carbonyl (C=O) groups is 1. The highest BCUT2D eigenvalue weighted by atomic mass is 16.6. The second-order valence-corrected chi connectivity index (χ2v) is 6.92. The van der Waals surface area contributed by atoms with Gasteiger partial charge in [0.05, 0.1) is 5.69 Å². The van der Waals surface area contributed by atoms with Gasteiger partial charge in [0.2, 0.25) is 0 Å². The largest absolute Gasteiger partial charge is 0.444 e. The molecule has 1 heterocycles. The molecule has 1 aromatic rings. The van der Waals surface area contributed by atoms with Gasteiger partial charge < -0.3 is 15.0 Å². The van der Waals surface area contributed by atoms with Crippen molar-refractivity contribution >= 4 is 6.09 Å². The highest BCUT2D eigenvalue weighted by Crippen LogP contribution is 2.12. The first-order valence-electron chi connectivity index (χ1n) is 8.33. The predicted octanol–water partition coefficient (Wildman–Crippen LogP) is 2.77. The molecule has 0 aromatic carbocycles. The average molecular weight is 324 g/mol. The van der Waals surface area contributed by atoms with Crippen molar-refractivity contribution in [2.75, 3.05) is 19.6 Å². The Labute approximate surface area is 140 Å². The van der Waals surface area contributed by atoms with Crippen LogP contribution in [0.1, 0.15) is 51.1 Å². The summed E-state index contributed by atoms with van der Waals surface area (Å²) >= 11 is 0. The number of aromatic nitrogens is 2. The van der Waals surface area contributed by atoms with Crippen LogP contribution in [0.25, 0.3) is 0 Å². The van der Waals surface area contributed by atoms with Gasteiger partial charge in [-0.2, -0.15) is 5.10 Å². The van der Waals surface area contributed by atoms with E-state index in [1.165, 1.54) is 11.3 Å². The number of hydrogen-bond donors (Lipinski definition) is 1. The molecule has 0 fully saturated rings. The van der Waals surface area contributed by atoms with Gasteiger partial charge >= 0.3 is 6.09 Å². The van der Waals surface area contributed by atoms with Crippen LogP contribution in [0.15, 0.2) is 0 Å². The zero-order chi connectivity index (χ0) is 17.6. The Morgan fingerprint density at radius 1 is 1.30 bits per heavy atom. The van der Waals surface area contributed by atoms with E-state index in [4.69, 9.17) is 4.74 Å². The van der Waals surface area contributed by atoms with E-state index in [9.17, 15) is 4.79 Å². The molecule has 0 aliphatic heterocycles. The van der Waals surface area contributed by atoms with Gasteiger partial charge in [-0.05, 0) is 41.0 Å². The Kier molecular flexibility index (Phi) is 7.06. The van der Waals surface area contributed by atoms with Crippen LogP contribution in [0.4, 0.5) is 4.79 Å². The topological polar surface area (TPSA) is 59.4 Å². The fraction of sp³-hybridized carbons (Fsp3) is 0.765. The first-order valence-corrected chi connectivity index (χ1v) is 8.33. The van der Waals surface area contributed by atoms with Crippen LogP contribution in [-0.2, 0) is 18.3 Å². The normalized spacial score (nSPS) is 11.6. The Balaban J connectivity index is 2.48. The zero-order valence-corrected chi connectivity index (χ0v) is 15.7. The van der Waals surface area contributed by atoms with Crippen LogP contribution in [0, 0.1) is 13.8 Å². The quantitative estimate of drug-likeness (QED) is 0.784. The molecule has 1 rings (SSSR count). The van der Waals surface area contributed by atoms with Crippen LogP contribution in [0.5, 0.6) is 0 Å². The lowest BCUT2D eigenvalue weighted by atomic mass is 10.2. The number of amides is 1. The summed E-state index contributed by atoms with van der Waals surface area (Å²) < 4.78 is 7.35. The maximum Gasteiger partial charge on any atom is 0.410 e. The lowest BCUT2D eigenvalue weighted by molar-refractivity contribution is 0.0252. The van der Waals surface area contributed by atoms with Crippen molar-refractivity contribution < 1.29 is 9.53 Å². The van der Waals surface area contributed by atoms with Crippen LogP contribution in [0.3, 0.4) is 0 Å². The third-order valence-corrected chi connectivity index (χ3v) is 3.66. The molecular formula is C17H32N4O2. The Morgan fingerprint density at radius 3 is 2.43 bits per heavy atom. The van der Waals surface area contributed by atoms with E-state index >= 15 is 0 Å².